The van der Waals surface area contributed by atoms with Gasteiger partial charge in [-0.1, -0.05) is 12.1 Å². The monoisotopic (exact) mass is 313 g/mol. The first-order valence-electron chi connectivity index (χ1n) is 6.91. The lowest BCUT2D eigenvalue weighted by Gasteiger charge is -2.08. The second-order valence-electron chi connectivity index (χ2n) is 4.48. The van der Waals surface area contributed by atoms with Gasteiger partial charge in [0.1, 0.15) is 11.8 Å². The predicted molar refractivity (Wildman–Crippen MR) is 80.7 cm³/mol. The van der Waals surface area contributed by atoms with Gasteiger partial charge >= 0.3 is 0 Å². The third-order valence-electron chi connectivity index (χ3n) is 2.84. The molecular formula is C16H15N3O4. The van der Waals surface area contributed by atoms with Crippen LogP contribution < -0.4 is 15.4 Å². The minimum atomic E-state index is -0.344. The molecule has 0 aliphatic heterocycles. The zero-order valence-corrected chi connectivity index (χ0v) is 12.2. The average molecular weight is 313 g/mol. The Morgan fingerprint density at radius 1 is 1.13 bits per heavy atom. The van der Waals surface area contributed by atoms with E-state index in [1.807, 2.05) is 6.07 Å². The largest absolute Gasteiger partial charge is 0.482 e. The number of carbonyl (C=O) groups excluding carboxylic acids is 2. The Morgan fingerprint density at radius 2 is 1.91 bits per heavy atom. The molecule has 0 aliphatic carbocycles. The molecule has 0 bridgehead atoms. The molecule has 0 radical (unpaired) electrons. The van der Waals surface area contributed by atoms with Crippen molar-refractivity contribution < 1.29 is 18.7 Å². The van der Waals surface area contributed by atoms with Crippen LogP contribution in [0.1, 0.15) is 16.1 Å². The van der Waals surface area contributed by atoms with Crippen LogP contribution in [0.5, 0.6) is 5.75 Å². The van der Waals surface area contributed by atoms with E-state index in [9.17, 15) is 9.59 Å². The third-order valence-corrected chi connectivity index (χ3v) is 2.84. The van der Waals surface area contributed by atoms with Gasteiger partial charge in [0.05, 0.1) is 11.8 Å². The van der Waals surface area contributed by atoms with E-state index in [1.165, 1.54) is 6.26 Å². The lowest BCUT2D eigenvalue weighted by atomic mass is 10.2. The Morgan fingerprint density at radius 3 is 2.65 bits per heavy atom. The summed E-state index contributed by atoms with van der Waals surface area (Å²) in [6.45, 7) is 0.319. The Labute approximate surface area is 132 Å². The zero-order valence-electron chi connectivity index (χ0n) is 12.2. The van der Waals surface area contributed by atoms with Crippen molar-refractivity contribution in [2.24, 2.45) is 0 Å². The fourth-order valence-electron chi connectivity index (χ4n) is 1.75. The number of para-hydroxylation sites is 1. The number of benzene rings is 1. The van der Waals surface area contributed by atoms with Crippen molar-refractivity contribution in [3.05, 3.63) is 54.0 Å². The molecule has 0 saturated heterocycles. The highest BCUT2D eigenvalue weighted by molar-refractivity contribution is 5.91. The van der Waals surface area contributed by atoms with Crippen molar-refractivity contribution in [1.82, 2.24) is 10.6 Å². The fraction of sp³-hybridized carbons (Fsp3) is 0.188. The van der Waals surface area contributed by atoms with Gasteiger partial charge in [-0.15, -0.1) is 0 Å². The summed E-state index contributed by atoms with van der Waals surface area (Å²) in [5.74, 6) is -0.113. The van der Waals surface area contributed by atoms with E-state index in [0.29, 0.717) is 11.3 Å². The lowest BCUT2D eigenvalue weighted by molar-refractivity contribution is -0.123. The molecule has 0 atom stereocenters. The maximum absolute atomic E-state index is 11.6. The van der Waals surface area contributed by atoms with E-state index in [-0.39, 0.29) is 37.3 Å². The van der Waals surface area contributed by atoms with E-state index >= 15 is 0 Å². The maximum atomic E-state index is 11.6. The van der Waals surface area contributed by atoms with Crippen molar-refractivity contribution >= 4 is 11.8 Å². The number of nitrogens with one attached hydrogen (secondary N) is 2. The first-order chi connectivity index (χ1) is 11.2. The SMILES string of the molecule is N#Cc1ccccc1OCC(=O)NCCNC(=O)c1ccco1. The molecule has 0 fully saturated rings. The highest BCUT2D eigenvalue weighted by Gasteiger charge is 2.08. The first kappa shape index (κ1) is 16.1. The van der Waals surface area contributed by atoms with Crippen LogP contribution in [0.15, 0.2) is 47.1 Å². The molecule has 2 N–H and O–H groups in total. The summed E-state index contributed by atoms with van der Waals surface area (Å²) in [6, 6.07) is 11.8. The summed E-state index contributed by atoms with van der Waals surface area (Å²) in [5.41, 5.74) is 0.367. The van der Waals surface area contributed by atoms with Gasteiger partial charge in [-0.3, -0.25) is 9.59 Å². The highest BCUT2D eigenvalue weighted by atomic mass is 16.5. The van der Waals surface area contributed by atoms with Crippen LogP contribution in [0.25, 0.3) is 0 Å². The van der Waals surface area contributed by atoms with Crippen LogP contribution >= 0.6 is 0 Å². The zero-order chi connectivity index (χ0) is 16.5. The number of hydrogen-bond acceptors (Lipinski definition) is 5. The average Bonchev–Trinajstić information content (AvgIpc) is 3.11. The molecule has 1 aromatic carbocycles. The van der Waals surface area contributed by atoms with Gasteiger partial charge in [0.15, 0.2) is 12.4 Å². The van der Waals surface area contributed by atoms with Gasteiger partial charge in [-0.2, -0.15) is 5.26 Å². The Balaban J connectivity index is 1.66. The van der Waals surface area contributed by atoms with E-state index in [4.69, 9.17) is 14.4 Å². The van der Waals surface area contributed by atoms with Gasteiger partial charge in [-0.05, 0) is 24.3 Å². The number of ether oxygens (including phenoxy) is 1. The minimum Gasteiger partial charge on any atom is -0.482 e. The van der Waals surface area contributed by atoms with Crippen LogP contribution in [0.2, 0.25) is 0 Å². The van der Waals surface area contributed by atoms with Gasteiger partial charge in [0, 0.05) is 13.1 Å². The molecule has 2 amide bonds. The lowest BCUT2D eigenvalue weighted by Crippen LogP contribution is -2.36. The van der Waals surface area contributed by atoms with E-state index in [2.05, 4.69) is 10.6 Å². The quantitative estimate of drug-likeness (QED) is 0.744. The van der Waals surface area contributed by atoms with Crippen LogP contribution in [-0.4, -0.2) is 31.5 Å². The second kappa shape index (κ2) is 8.24. The highest BCUT2D eigenvalue weighted by Crippen LogP contribution is 2.15. The summed E-state index contributed by atoms with van der Waals surface area (Å²) in [4.78, 5) is 23.2. The van der Waals surface area contributed by atoms with Gasteiger partial charge < -0.3 is 19.8 Å². The first-order valence-corrected chi connectivity index (χ1v) is 6.91. The number of nitrogens with zero attached hydrogens (tertiary/aromatic N) is 1. The molecule has 0 spiro atoms. The molecule has 23 heavy (non-hydrogen) atoms. The van der Waals surface area contributed by atoms with Gasteiger partial charge in [-0.25, -0.2) is 0 Å². The number of hydrogen-bond donors (Lipinski definition) is 2. The van der Waals surface area contributed by atoms with Crippen LogP contribution in [0, 0.1) is 11.3 Å². The van der Waals surface area contributed by atoms with Crippen LogP contribution in [-0.2, 0) is 4.79 Å². The summed E-state index contributed by atoms with van der Waals surface area (Å²) in [7, 11) is 0. The van der Waals surface area contributed by atoms with Gasteiger partial charge in [0.25, 0.3) is 11.8 Å². The topological polar surface area (TPSA) is 104 Å². The smallest absolute Gasteiger partial charge is 0.287 e. The third kappa shape index (κ3) is 4.89. The predicted octanol–water partition coefficient (Wildman–Crippen LogP) is 1.08. The molecule has 1 heterocycles. The fourth-order valence-corrected chi connectivity index (χ4v) is 1.75. The van der Waals surface area contributed by atoms with Crippen molar-refractivity contribution in [1.29, 1.82) is 5.26 Å². The summed E-state index contributed by atoms with van der Waals surface area (Å²) in [6.07, 6.45) is 1.41. The summed E-state index contributed by atoms with van der Waals surface area (Å²) >= 11 is 0. The molecule has 0 unspecified atom stereocenters. The number of furan rings is 1. The van der Waals surface area contributed by atoms with Crippen LogP contribution in [0.4, 0.5) is 0 Å². The molecule has 2 aromatic rings. The number of rotatable bonds is 7. The number of nitriles is 1. The van der Waals surface area contributed by atoms with Gasteiger partial charge in [0.2, 0.25) is 0 Å². The molecule has 118 valence electrons. The van der Waals surface area contributed by atoms with E-state index < -0.39 is 0 Å². The summed E-state index contributed by atoms with van der Waals surface area (Å²) < 4.78 is 10.2. The molecule has 7 nitrogen and oxygen atoms in total. The van der Waals surface area contributed by atoms with Crippen molar-refractivity contribution in [3.8, 4) is 11.8 Å². The van der Waals surface area contributed by atoms with E-state index in [0.717, 1.165) is 0 Å². The Bertz CT molecular complexity index is 704. The second-order valence-corrected chi connectivity index (χ2v) is 4.48. The van der Waals surface area contributed by atoms with Crippen molar-refractivity contribution in [2.75, 3.05) is 19.7 Å². The molecule has 7 heteroatoms. The molecule has 1 aromatic heterocycles. The maximum Gasteiger partial charge on any atom is 0.287 e. The summed E-state index contributed by atoms with van der Waals surface area (Å²) in [5, 5.41) is 14.1. The standard InChI is InChI=1S/C16H15N3O4/c17-10-12-4-1-2-5-13(12)23-11-15(20)18-7-8-19-16(21)14-6-3-9-22-14/h1-6,9H,7-8,11H2,(H,18,20)(H,19,21). The van der Waals surface area contributed by atoms with Crippen molar-refractivity contribution in [3.63, 3.8) is 0 Å². The van der Waals surface area contributed by atoms with Crippen molar-refractivity contribution in [2.45, 2.75) is 0 Å². The van der Waals surface area contributed by atoms with Crippen LogP contribution in [0.3, 0.4) is 0 Å². The molecule has 2 rings (SSSR count). The normalized spacial score (nSPS) is 9.70. The molecule has 0 aliphatic rings. The number of carbonyl (C=O) groups is 2. The molecular weight excluding hydrogens is 298 g/mol. The number of amides is 2. The Kier molecular flexibility index (Phi) is 5.77. The minimum absolute atomic E-state index is 0.204. The van der Waals surface area contributed by atoms with E-state index in [1.54, 1.807) is 36.4 Å². The Hall–Kier alpha value is -3.27. The molecule has 0 saturated carbocycles.